The molecule has 1 aliphatic rings. The highest BCUT2D eigenvalue weighted by Crippen LogP contribution is 2.23. The van der Waals surface area contributed by atoms with Gasteiger partial charge < -0.3 is 15.0 Å². The Hall–Kier alpha value is -2.46. The van der Waals surface area contributed by atoms with Crippen LogP contribution in [0.4, 0.5) is 0 Å². The average molecular weight is 433 g/mol. The fraction of sp³-hybridized carbons (Fsp3) is 0.550. The van der Waals surface area contributed by atoms with Crippen LogP contribution in [-0.2, 0) is 20.9 Å². The van der Waals surface area contributed by atoms with Crippen molar-refractivity contribution in [3.05, 3.63) is 30.2 Å². The zero-order valence-corrected chi connectivity index (χ0v) is 18.2. The van der Waals surface area contributed by atoms with Crippen LogP contribution in [0.25, 0.3) is 5.82 Å². The number of hydrogen-bond donors (Lipinski definition) is 1. The molecule has 0 spiro atoms. The molecule has 2 aromatic rings. The zero-order valence-electron chi connectivity index (χ0n) is 17.4. The van der Waals surface area contributed by atoms with Crippen molar-refractivity contribution in [3.8, 4) is 5.82 Å². The third-order valence-electron chi connectivity index (χ3n) is 4.51. The number of carbonyl (C=O) groups excluding carboxylic acids is 2. The summed E-state index contributed by atoms with van der Waals surface area (Å²) in [4.78, 5) is 30.4. The van der Waals surface area contributed by atoms with Gasteiger partial charge in [-0.2, -0.15) is 0 Å². The molecule has 1 saturated heterocycles. The molecule has 3 heterocycles. The van der Waals surface area contributed by atoms with Crippen molar-refractivity contribution in [1.82, 2.24) is 30.0 Å². The van der Waals surface area contributed by atoms with Gasteiger partial charge in [-0.3, -0.25) is 14.2 Å². The lowest BCUT2D eigenvalue weighted by atomic mass is 10.4. The highest BCUT2D eigenvalue weighted by atomic mass is 32.2. The lowest BCUT2D eigenvalue weighted by molar-refractivity contribution is -0.128. The maximum Gasteiger partial charge on any atom is 0.230 e. The lowest BCUT2D eigenvalue weighted by Crippen LogP contribution is -2.27. The number of carbonyl (C=O) groups is 2. The molecule has 0 saturated carbocycles. The minimum Gasteiger partial charge on any atom is -0.379 e. The maximum atomic E-state index is 12.2. The molecular formula is C20H28N6O3S. The van der Waals surface area contributed by atoms with Gasteiger partial charge in [0.1, 0.15) is 5.82 Å². The van der Waals surface area contributed by atoms with Gasteiger partial charge in [-0.1, -0.05) is 17.8 Å². The van der Waals surface area contributed by atoms with Gasteiger partial charge in [0.15, 0.2) is 11.0 Å². The van der Waals surface area contributed by atoms with E-state index in [0.29, 0.717) is 42.9 Å². The second kappa shape index (κ2) is 11.1. The molecule has 30 heavy (non-hydrogen) atoms. The van der Waals surface area contributed by atoms with Gasteiger partial charge in [-0.15, -0.1) is 10.2 Å². The van der Waals surface area contributed by atoms with Crippen LogP contribution in [-0.4, -0.2) is 68.0 Å². The Morgan fingerprint density at radius 1 is 1.33 bits per heavy atom. The smallest absolute Gasteiger partial charge is 0.230 e. The highest BCUT2D eigenvalue weighted by Gasteiger charge is 2.24. The van der Waals surface area contributed by atoms with Gasteiger partial charge in [0, 0.05) is 32.3 Å². The number of likely N-dealkylation sites (tertiary alicyclic amines) is 1. The first-order chi connectivity index (χ1) is 14.5. The number of rotatable bonds is 11. The Kier molecular flexibility index (Phi) is 8.21. The minimum absolute atomic E-state index is 0.0728. The SMILES string of the molecule is CC(C)OCCCNC(=O)CSc1nnc(CN2CCCC2=O)n1-c1ccccn1. The summed E-state index contributed by atoms with van der Waals surface area (Å²) in [5.41, 5.74) is 0. The van der Waals surface area contributed by atoms with Crippen LogP contribution >= 0.6 is 11.8 Å². The van der Waals surface area contributed by atoms with Crippen molar-refractivity contribution >= 4 is 23.6 Å². The average Bonchev–Trinajstić information content (AvgIpc) is 3.33. The number of thioether (sulfide) groups is 1. The van der Waals surface area contributed by atoms with Crippen LogP contribution in [0.1, 0.15) is 38.9 Å². The number of ether oxygens (including phenoxy) is 1. The van der Waals surface area contributed by atoms with E-state index in [1.54, 1.807) is 11.1 Å². The van der Waals surface area contributed by atoms with E-state index >= 15 is 0 Å². The molecule has 10 heteroatoms. The number of nitrogens with zero attached hydrogens (tertiary/aromatic N) is 5. The molecule has 2 aromatic heterocycles. The molecule has 0 aliphatic carbocycles. The van der Waals surface area contributed by atoms with Crippen LogP contribution in [0.15, 0.2) is 29.6 Å². The lowest BCUT2D eigenvalue weighted by Gasteiger charge is -2.16. The van der Waals surface area contributed by atoms with Crippen molar-refractivity contribution in [2.75, 3.05) is 25.4 Å². The molecule has 0 unspecified atom stereocenters. The van der Waals surface area contributed by atoms with E-state index in [4.69, 9.17) is 4.74 Å². The molecule has 9 nitrogen and oxygen atoms in total. The van der Waals surface area contributed by atoms with E-state index in [1.807, 2.05) is 36.6 Å². The topological polar surface area (TPSA) is 102 Å². The van der Waals surface area contributed by atoms with E-state index < -0.39 is 0 Å². The second-order valence-corrected chi connectivity index (χ2v) is 8.20. The summed E-state index contributed by atoms with van der Waals surface area (Å²) in [6.07, 6.45) is 4.09. The first-order valence-corrected chi connectivity index (χ1v) is 11.2. The molecule has 162 valence electrons. The molecular weight excluding hydrogens is 404 g/mol. The van der Waals surface area contributed by atoms with Gasteiger partial charge in [0.25, 0.3) is 0 Å². The van der Waals surface area contributed by atoms with Gasteiger partial charge in [0.05, 0.1) is 18.4 Å². The molecule has 0 atom stereocenters. The van der Waals surface area contributed by atoms with Crippen LogP contribution < -0.4 is 5.32 Å². The zero-order chi connectivity index (χ0) is 21.3. The summed E-state index contributed by atoms with van der Waals surface area (Å²) in [5, 5.41) is 12.0. The normalized spacial score (nSPS) is 14.0. The number of pyridine rings is 1. The molecule has 0 radical (unpaired) electrons. The number of amides is 2. The third kappa shape index (κ3) is 6.27. The van der Waals surface area contributed by atoms with E-state index in [0.717, 1.165) is 19.4 Å². The Labute approximate surface area is 180 Å². The Morgan fingerprint density at radius 2 is 2.20 bits per heavy atom. The quantitative estimate of drug-likeness (QED) is 0.427. The largest absolute Gasteiger partial charge is 0.379 e. The fourth-order valence-electron chi connectivity index (χ4n) is 3.05. The Bertz CT molecular complexity index is 842. The van der Waals surface area contributed by atoms with Crippen molar-refractivity contribution in [2.45, 2.75) is 50.9 Å². The first-order valence-electron chi connectivity index (χ1n) is 10.2. The summed E-state index contributed by atoms with van der Waals surface area (Å²) in [6.45, 7) is 6.27. The number of hydrogen-bond acceptors (Lipinski definition) is 7. The van der Waals surface area contributed by atoms with E-state index in [-0.39, 0.29) is 23.7 Å². The maximum absolute atomic E-state index is 12.2. The van der Waals surface area contributed by atoms with Gasteiger partial charge in [-0.05, 0) is 38.8 Å². The van der Waals surface area contributed by atoms with Gasteiger partial charge >= 0.3 is 0 Å². The van der Waals surface area contributed by atoms with Crippen molar-refractivity contribution in [3.63, 3.8) is 0 Å². The summed E-state index contributed by atoms with van der Waals surface area (Å²) >= 11 is 1.30. The fourth-order valence-corrected chi connectivity index (χ4v) is 3.84. The minimum atomic E-state index is -0.0728. The third-order valence-corrected chi connectivity index (χ3v) is 5.44. The second-order valence-electron chi connectivity index (χ2n) is 7.25. The standard InChI is InChI=1S/C20H28N6O3S/c1-15(2)29-12-6-10-22-18(27)14-30-20-24-23-17(13-25-11-5-8-19(25)28)26(20)16-7-3-4-9-21-16/h3-4,7,9,15H,5-6,8,10-14H2,1-2H3,(H,22,27). The van der Waals surface area contributed by atoms with E-state index in [9.17, 15) is 9.59 Å². The predicted octanol–water partition coefficient (Wildman–Crippen LogP) is 1.81. The summed E-state index contributed by atoms with van der Waals surface area (Å²) < 4.78 is 7.29. The van der Waals surface area contributed by atoms with Crippen LogP contribution in [0, 0.1) is 0 Å². The molecule has 1 aliphatic heterocycles. The molecule has 0 aromatic carbocycles. The van der Waals surface area contributed by atoms with Crippen molar-refractivity contribution in [2.24, 2.45) is 0 Å². The molecule has 1 fully saturated rings. The number of aromatic nitrogens is 4. The highest BCUT2D eigenvalue weighted by molar-refractivity contribution is 7.99. The Balaban J connectivity index is 1.61. The van der Waals surface area contributed by atoms with Crippen LogP contribution in [0.2, 0.25) is 0 Å². The van der Waals surface area contributed by atoms with Crippen LogP contribution in [0.5, 0.6) is 0 Å². The van der Waals surface area contributed by atoms with Crippen LogP contribution in [0.3, 0.4) is 0 Å². The molecule has 1 N–H and O–H groups in total. The van der Waals surface area contributed by atoms with Crippen molar-refractivity contribution < 1.29 is 14.3 Å². The Morgan fingerprint density at radius 3 is 2.90 bits per heavy atom. The summed E-state index contributed by atoms with van der Waals surface area (Å²) in [6, 6.07) is 5.58. The predicted molar refractivity (Wildman–Crippen MR) is 113 cm³/mol. The number of nitrogens with one attached hydrogen (secondary N) is 1. The molecule has 3 rings (SSSR count). The monoisotopic (exact) mass is 432 g/mol. The summed E-state index contributed by atoms with van der Waals surface area (Å²) in [7, 11) is 0. The summed E-state index contributed by atoms with van der Waals surface area (Å²) in [5.74, 6) is 1.58. The van der Waals surface area contributed by atoms with Gasteiger partial charge in [0.2, 0.25) is 11.8 Å². The van der Waals surface area contributed by atoms with E-state index in [1.165, 1.54) is 11.8 Å². The first kappa shape index (κ1) is 22.2. The van der Waals surface area contributed by atoms with E-state index in [2.05, 4.69) is 20.5 Å². The molecule has 0 bridgehead atoms. The van der Waals surface area contributed by atoms with Gasteiger partial charge in [-0.25, -0.2) is 4.98 Å². The van der Waals surface area contributed by atoms with Crippen molar-refractivity contribution in [1.29, 1.82) is 0 Å². The molecule has 2 amide bonds.